The van der Waals surface area contributed by atoms with Gasteiger partial charge in [-0.3, -0.25) is 0 Å². The Kier molecular flexibility index (Phi) is 4.12. The fraction of sp³-hybridized carbons (Fsp3) is 0.200. The summed E-state index contributed by atoms with van der Waals surface area (Å²) in [6.07, 6.45) is 0.576. The van der Waals surface area contributed by atoms with Crippen molar-refractivity contribution in [3.8, 4) is 0 Å². The van der Waals surface area contributed by atoms with Crippen LogP contribution < -0.4 is 10.6 Å². The van der Waals surface area contributed by atoms with Crippen LogP contribution in [-0.4, -0.2) is 13.6 Å². The van der Waals surface area contributed by atoms with Crippen molar-refractivity contribution in [2.24, 2.45) is 5.73 Å². The summed E-state index contributed by atoms with van der Waals surface area (Å²) in [5.74, 6) is -0.682. The molecule has 2 nitrogen and oxygen atoms in total. The molecule has 2 aromatic rings. The average Bonchev–Trinajstić information content (AvgIpc) is 2.39. The van der Waals surface area contributed by atoms with Gasteiger partial charge < -0.3 is 10.6 Å². The first-order chi connectivity index (χ1) is 9.13. The third-order valence-corrected chi connectivity index (χ3v) is 3.01. The average molecular weight is 262 g/mol. The molecule has 19 heavy (non-hydrogen) atoms. The molecule has 100 valence electrons. The van der Waals surface area contributed by atoms with Crippen LogP contribution in [0.5, 0.6) is 0 Å². The van der Waals surface area contributed by atoms with E-state index in [1.165, 1.54) is 18.2 Å². The molecular formula is C15H16F2N2. The molecular weight excluding hydrogens is 246 g/mol. The van der Waals surface area contributed by atoms with E-state index in [2.05, 4.69) is 0 Å². The molecule has 0 aliphatic carbocycles. The highest BCUT2D eigenvalue weighted by atomic mass is 19.1. The Labute approximate surface area is 111 Å². The summed E-state index contributed by atoms with van der Waals surface area (Å²) in [5, 5.41) is 0. The normalized spacial score (nSPS) is 10.5. The number of para-hydroxylation sites is 1. The molecule has 0 bridgehead atoms. The van der Waals surface area contributed by atoms with E-state index in [1.54, 1.807) is 30.1 Å². The molecule has 0 aliphatic heterocycles. The van der Waals surface area contributed by atoms with Crippen LogP contribution in [0, 0.1) is 11.6 Å². The number of anilines is 2. The van der Waals surface area contributed by atoms with Crippen LogP contribution in [0.2, 0.25) is 0 Å². The highest BCUT2D eigenvalue weighted by Gasteiger charge is 2.14. The van der Waals surface area contributed by atoms with Gasteiger partial charge in [0.2, 0.25) is 0 Å². The first-order valence-corrected chi connectivity index (χ1v) is 6.10. The molecule has 0 atom stereocenters. The van der Waals surface area contributed by atoms with E-state index in [-0.39, 0.29) is 11.6 Å². The number of rotatable bonds is 4. The quantitative estimate of drug-likeness (QED) is 0.916. The van der Waals surface area contributed by atoms with E-state index < -0.39 is 0 Å². The molecule has 0 heterocycles. The molecule has 0 unspecified atom stereocenters. The van der Waals surface area contributed by atoms with Gasteiger partial charge in [-0.15, -0.1) is 0 Å². The Morgan fingerprint density at radius 1 is 1.11 bits per heavy atom. The first-order valence-electron chi connectivity index (χ1n) is 6.10. The van der Waals surface area contributed by atoms with E-state index in [4.69, 9.17) is 5.73 Å². The Hall–Kier alpha value is -1.94. The molecule has 0 amide bonds. The van der Waals surface area contributed by atoms with E-state index in [9.17, 15) is 8.78 Å². The maximum Gasteiger partial charge on any atom is 0.147 e. The van der Waals surface area contributed by atoms with E-state index in [0.717, 1.165) is 5.56 Å². The molecule has 0 aliphatic rings. The number of nitrogens with zero attached hydrogens (tertiary/aromatic N) is 1. The van der Waals surface area contributed by atoms with Gasteiger partial charge in [0.1, 0.15) is 11.6 Å². The molecule has 0 fully saturated rings. The Morgan fingerprint density at radius 2 is 1.84 bits per heavy atom. The predicted octanol–water partition coefficient (Wildman–Crippen LogP) is 3.23. The molecule has 0 radical (unpaired) electrons. The third kappa shape index (κ3) is 2.90. The molecule has 0 aromatic heterocycles. The second-order valence-electron chi connectivity index (χ2n) is 4.33. The van der Waals surface area contributed by atoms with Crippen molar-refractivity contribution in [2.75, 3.05) is 18.5 Å². The van der Waals surface area contributed by atoms with E-state index in [1.807, 2.05) is 6.07 Å². The van der Waals surface area contributed by atoms with Crippen molar-refractivity contribution in [3.05, 3.63) is 59.7 Å². The Bertz CT molecular complexity index is 570. The summed E-state index contributed by atoms with van der Waals surface area (Å²) >= 11 is 0. The van der Waals surface area contributed by atoms with Crippen LogP contribution >= 0.6 is 0 Å². The fourth-order valence-electron chi connectivity index (χ4n) is 2.11. The Morgan fingerprint density at radius 3 is 2.53 bits per heavy atom. The molecule has 2 N–H and O–H groups in total. The lowest BCUT2D eigenvalue weighted by Crippen LogP contribution is -2.15. The summed E-state index contributed by atoms with van der Waals surface area (Å²) in [4.78, 5) is 1.64. The van der Waals surface area contributed by atoms with Crippen molar-refractivity contribution in [1.29, 1.82) is 0 Å². The fourth-order valence-corrected chi connectivity index (χ4v) is 2.11. The van der Waals surface area contributed by atoms with Crippen molar-refractivity contribution in [3.63, 3.8) is 0 Å². The van der Waals surface area contributed by atoms with Gasteiger partial charge in [0.15, 0.2) is 0 Å². The van der Waals surface area contributed by atoms with Crippen LogP contribution in [0.15, 0.2) is 42.5 Å². The lowest BCUT2D eigenvalue weighted by atomic mass is 10.1. The highest BCUT2D eigenvalue weighted by Crippen LogP contribution is 2.30. The van der Waals surface area contributed by atoms with Crippen LogP contribution in [0.4, 0.5) is 20.2 Å². The summed E-state index contributed by atoms with van der Waals surface area (Å²) in [6.45, 7) is 0.438. The molecule has 2 aromatic carbocycles. The topological polar surface area (TPSA) is 29.3 Å². The van der Waals surface area contributed by atoms with Crippen molar-refractivity contribution in [1.82, 2.24) is 0 Å². The predicted molar refractivity (Wildman–Crippen MR) is 73.6 cm³/mol. The SMILES string of the molecule is CN(c1cccc(F)c1)c1c(F)cccc1CCN. The lowest BCUT2D eigenvalue weighted by Gasteiger charge is -2.23. The smallest absolute Gasteiger partial charge is 0.147 e. The monoisotopic (exact) mass is 262 g/mol. The lowest BCUT2D eigenvalue weighted by molar-refractivity contribution is 0.622. The first kappa shape index (κ1) is 13.5. The van der Waals surface area contributed by atoms with Crippen LogP contribution in [0.3, 0.4) is 0 Å². The number of hydrogen-bond donors (Lipinski definition) is 1. The minimum atomic E-state index is -0.346. The van der Waals surface area contributed by atoms with Crippen molar-refractivity contribution in [2.45, 2.75) is 6.42 Å². The van der Waals surface area contributed by atoms with Gasteiger partial charge in [0.25, 0.3) is 0 Å². The minimum Gasteiger partial charge on any atom is -0.342 e. The maximum atomic E-state index is 14.0. The van der Waals surface area contributed by atoms with Gasteiger partial charge >= 0.3 is 0 Å². The van der Waals surface area contributed by atoms with Gasteiger partial charge in [-0.25, -0.2) is 8.78 Å². The highest BCUT2D eigenvalue weighted by molar-refractivity contribution is 5.66. The Balaban J connectivity index is 2.45. The van der Waals surface area contributed by atoms with Gasteiger partial charge in [-0.1, -0.05) is 18.2 Å². The van der Waals surface area contributed by atoms with E-state index in [0.29, 0.717) is 24.3 Å². The second kappa shape index (κ2) is 5.80. The molecule has 4 heteroatoms. The minimum absolute atomic E-state index is 0.335. The summed E-state index contributed by atoms with van der Waals surface area (Å²) in [6, 6.07) is 11.0. The van der Waals surface area contributed by atoms with Crippen LogP contribution in [-0.2, 0) is 6.42 Å². The van der Waals surface area contributed by atoms with Crippen molar-refractivity contribution < 1.29 is 8.78 Å². The van der Waals surface area contributed by atoms with Gasteiger partial charge in [0, 0.05) is 12.7 Å². The number of nitrogens with two attached hydrogens (primary N) is 1. The largest absolute Gasteiger partial charge is 0.342 e. The standard InChI is InChI=1S/C15H16F2N2/c1-19(13-6-3-5-12(16)10-13)15-11(8-9-18)4-2-7-14(15)17/h2-7,10H,8-9,18H2,1H3. The zero-order valence-electron chi connectivity index (χ0n) is 10.7. The number of halogens is 2. The van der Waals surface area contributed by atoms with Crippen molar-refractivity contribution >= 4 is 11.4 Å². The number of benzene rings is 2. The summed E-state index contributed by atoms with van der Waals surface area (Å²) in [5.41, 5.74) is 7.40. The van der Waals surface area contributed by atoms with Crippen LogP contribution in [0.25, 0.3) is 0 Å². The second-order valence-corrected chi connectivity index (χ2v) is 4.33. The van der Waals surface area contributed by atoms with Gasteiger partial charge in [0.05, 0.1) is 5.69 Å². The third-order valence-electron chi connectivity index (χ3n) is 3.01. The molecule has 0 saturated heterocycles. The maximum absolute atomic E-state index is 14.0. The van der Waals surface area contributed by atoms with Gasteiger partial charge in [-0.05, 0) is 42.8 Å². The zero-order chi connectivity index (χ0) is 13.8. The molecule has 0 saturated carbocycles. The van der Waals surface area contributed by atoms with E-state index >= 15 is 0 Å². The van der Waals surface area contributed by atoms with Crippen LogP contribution in [0.1, 0.15) is 5.56 Å². The zero-order valence-corrected chi connectivity index (χ0v) is 10.7. The molecule has 2 rings (SSSR count). The summed E-state index contributed by atoms with van der Waals surface area (Å²) in [7, 11) is 1.72. The van der Waals surface area contributed by atoms with Gasteiger partial charge in [-0.2, -0.15) is 0 Å². The molecule has 0 spiro atoms. The summed E-state index contributed by atoms with van der Waals surface area (Å²) < 4.78 is 27.3. The number of hydrogen-bond acceptors (Lipinski definition) is 2.